The summed E-state index contributed by atoms with van der Waals surface area (Å²) in [5, 5.41) is 3.26. The highest BCUT2D eigenvalue weighted by Crippen LogP contribution is 2.30. The summed E-state index contributed by atoms with van der Waals surface area (Å²) in [5.41, 5.74) is 1.55. The Morgan fingerprint density at radius 3 is 2.67 bits per heavy atom. The summed E-state index contributed by atoms with van der Waals surface area (Å²) in [5.74, 6) is -0.458. The van der Waals surface area contributed by atoms with Crippen LogP contribution in [0, 0.1) is 6.92 Å². The van der Waals surface area contributed by atoms with Crippen LogP contribution in [-0.4, -0.2) is 19.1 Å². The summed E-state index contributed by atoms with van der Waals surface area (Å²) in [4.78, 5) is 12.4. The van der Waals surface area contributed by atoms with Crippen LogP contribution in [0.15, 0.2) is 36.4 Å². The molecule has 0 aromatic heterocycles. The highest BCUT2D eigenvalue weighted by atomic mass is 35.5. The zero-order chi connectivity index (χ0) is 17.7. The van der Waals surface area contributed by atoms with Crippen LogP contribution in [0.2, 0.25) is 5.02 Å². The van der Waals surface area contributed by atoms with Crippen molar-refractivity contribution in [2.24, 2.45) is 0 Å². The largest absolute Gasteiger partial charge is 0.490 e. The van der Waals surface area contributed by atoms with Gasteiger partial charge in [-0.2, -0.15) is 8.78 Å². The number of carbonyl (C=O) groups is 1. The molecule has 0 bridgehead atoms. The molecule has 0 saturated carbocycles. The third-order valence-corrected chi connectivity index (χ3v) is 3.65. The number of amides is 1. The number of hydrogen-bond donors (Lipinski definition) is 1. The Labute approximate surface area is 143 Å². The van der Waals surface area contributed by atoms with Crippen molar-refractivity contribution in [2.45, 2.75) is 20.5 Å². The van der Waals surface area contributed by atoms with Gasteiger partial charge in [0.1, 0.15) is 0 Å². The van der Waals surface area contributed by atoms with E-state index in [0.29, 0.717) is 10.7 Å². The van der Waals surface area contributed by atoms with E-state index in [2.05, 4.69) is 10.1 Å². The van der Waals surface area contributed by atoms with E-state index in [0.717, 1.165) is 5.56 Å². The number of nitrogens with one attached hydrogen (secondary N) is 1. The van der Waals surface area contributed by atoms with Crippen LogP contribution in [0.25, 0.3) is 0 Å². The lowest BCUT2D eigenvalue weighted by Gasteiger charge is -2.13. The first-order valence-corrected chi connectivity index (χ1v) is 7.58. The maximum atomic E-state index is 12.4. The fourth-order valence-corrected chi connectivity index (χ4v) is 2.22. The van der Waals surface area contributed by atoms with Crippen molar-refractivity contribution in [3.8, 4) is 11.5 Å². The highest BCUT2D eigenvalue weighted by molar-refractivity contribution is 6.31. The van der Waals surface area contributed by atoms with Crippen molar-refractivity contribution < 1.29 is 23.0 Å². The Morgan fingerprint density at radius 2 is 2.00 bits per heavy atom. The Balaban J connectivity index is 2.25. The summed E-state index contributed by atoms with van der Waals surface area (Å²) in [6.07, 6.45) is 0. The molecule has 1 N–H and O–H groups in total. The Bertz CT molecular complexity index is 738. The van der Waals surface area contributed by atoms with Gasteiger partial charge in [0.15, 0.2) is 11.5 Å². The number of alkyl halides is 2. The lowest BCUT2D eigenvalue weighted by atomic mass is 10.1. The molecule has 0 aliphatic heterocycles. The van der Waals surface area contributed by atoms with E-state index in [-0.39, 0.29) is 23.7 Å². The molecule has 2 aromatic rings. The van der Waals surface area contributed by atoms with E-state index < -0.39 is 12.5 Å². The van der Waals surface area contributed by atoms with E-state index in [1.807, 2.05) is 0 Å². The van der Waals surface area contributed by atoms with Crippen molar-refractivity contribution in [3.63, 3.8) is 0 Å². The van der Waals surface area contributed by atoms with Gasteiger partial charge in [0.25, 0.3) is 5.91 Å². The summed E-state index contributed by atoms with van der Waals surface area (Å²) >= 11 is 6.02. The summed E-state index contributed by atoms with van der Waals surface area (Å²) in [7, 11) is 0. The van der Waals surface area contributed by atoms with Crippen molar-refractivity contribution >= 4 is 23.2 Å². The van der Waals surface area contributed by atoms with Gasteiger partial charge in [-0.3, -0.25) is 4.79 Å². The number of ether oxygens (including phenoxy) is 2. The van der Waals surface area contributed by atoms with Crippen LogP contribution in [0.5, 0.6) is 11.5 Å². The zero-order valence-electron chi connectivity index (χ0n) is 13.1. The molecule has 0 heterocycles. The second-order valence-corrected chi connectivity index (χ2v) is 5.25. The Hall–Kier alpha value is -2.34. The van der Waals surface area contributed by atoms with Crippen molar-refractivity contribution in [2.75, 3.05) is 11.9 Å². The van der Waals surface area contributed by atoms with Gasteiger partial charge >= 0.3 is 6.61 Å². The molecule has 0 spiro atoms. The van der Waals surface area contributed by atoms with E-state index in [1.54, 1.807) is 32.0 Å². The maximum absolute atomic E-state index is 12.4. The van der Waals surface area contributed by atoms with Gasteiger partial charge in [-0.25, -0.2) is 0 Å². The van der Waals surface area contributed by atoms with Crippen LogP contribution in [0.3, 0.4) is 0 Å². The van der Waals surface area contributed by atoms with Gasteiger partial charge in [0.05, 0.1) is 6.61 Å². The lowest BCUT2D eigenvalue weighted by molar-refractivity contribution is -0.0514. The quantitative estimate of drug-likeness (QED) is 0.801. The van der Waals surface area contributed by atoms with Crippen LogP contribution >= 0.6 is 11.6 Å². The fraction of sp³-hybridized carbons (Fsp3) is 0.235. The molecule has 4 nitrogen and oxygen atoms in total. The highest BCUT2D eigenvalue weighted by Gasteiger charge is 2.15. The molecule has 0 aliphatic rings. The molecule has 0 aliphatic carbocycles. The molecule has 0 saturated heterocycles. The van der Waals surface area contributed by atoms with Crippen LogP contribution < -0.4 is 14.8 Å². The Kier molecular flexibility index (Phi) is 5.98. The lowest BCUT2D eigenvalue weighted by Crippen LogP contribution is -2.13. The number of halogens is 3. The topological polar surface area (TPSA) is 47.6 Å². The van der Waals surface area contributed by atoms with Gasteiger partial charge in [-0.05, 0) is 49.7 Å². The van der Waals surface area contributed by atoms with Gasteiger partial charge in [-0.1, -0.05) is 17.7 Å². The first kappa shape index (κ1) is 18.0. The average molecular weight is 356 g/mol. The molecule has 0 fully saturated rings. The molecular weight excluding hydrogens is 340 g/mol. The molecule has 128 valence electrons. The predicted octanol–water partition coefficient (Wildman–Crippen LogP) is 4.90. The van der Waals surface area contributed by atoms with Gasteiger partial charge in [0.2, 0.25) is 0 Å². The van der Waals surface area contributed by atoms with Crippen LogP contribution in [0.4, 0.5) is 14.5 Å². The normalized spacial score (nSPS) is 10.6. The summed E-state index contributed by atoms with van der Waals surface area (Å²) in [6, 6.07) is 9.17. The third-order valence-electron chi connectivity index (χ3n) is 3.24. The third kappa shape index (κ3) is 4.35. The summed E-state index contributed by atoms with van der Waals surface area (Å²) in [6.45, 7) is 0.758. The molecule has 1 amide bonds. The van der Waals surface area contributed by atoms with Gasteiger partial charge in [-0.15, -0.1) is 0 Å². The zero-order valence-corrected chi connectivity index (χ0v) is 13.9. The van der Waals surface area contributed by atoms with Crippen molar-refractivity contribution in [1.29, 1.82) is 0 Å². The average Bonchev–Trinajstić information content (AvgIpc) is 2.53. The Morgan fingerprint density at radius 1 is 1.25 bits per heavy atom. The number of rotatable bonds is 6. The molecule has 24 heavy (non-hydrogen) atoms. The second kappa shape index (κ2) is 7.97. The van der Waals surface area contributed by atoms with Gasteiger partial charge < -0.3 is 14.8 Å². The second-order valence-electron chi connectivity index (χ2n) is 4.84. The van der Waals surface area contributed by atoms with Crippen molar-refractivity contribution in [1.82, 2.24) is 0 Å². The molecule has 7 heteroatoms. The standard InChI is InChI=1S/C17H16ClF2NO3/c1-3-23-15-9-11(7-8-14(15)24-17(19)20)16(22)21-13-6-4-5-12(18)10(13)2/h4-9,17H,3H2,1-2H3,(H,21,22). The summed E-state index contributed by atoms with van der Waals surface area (Å²) < 4.78 is 34.4. The van der Waals surface area contributed by atoms with E-state index in [1.165, 1.54) is 18.2 Å². The molecule has 0 radical (unpaired) electrons. The number of carbonyl (C=O) groups excluding carboxylic acids is 1. The van der Waals surface area contributed by atoms with Gasteiger partial charge in [0, 0.05) is 16.3 Å². The van der Waals surface area contributed by atoms with E-state index in [9.17, 15) is 13.6 Å². The fourth-order valence-electron chi connectivity index (χ4n) is 2.05. The smallest absolute Gasteiger partial charge is 0.387 e. The molecule has 0 unspecified atom stereocenters. The number of anilines is 1. The van der Waals surface area contributed by atoms with Crippen molar-refractivity contribution in [3.05, 3.63) is 52.5 Å². The molecular formula is C17H16ClF2NO3. The predicted molar refractivity (Wildman–Crippen MR) is 88.4 cm³/mol. The SMILES string of the molecule is CCOc1cc(C(=O)Nc2cccc(Cl)c2C)ccc1OC(F)F. The minimum absolute atomic E-state index is 0.0771. The number of hydrogen-bond acceptors (Lipinski definition) is 3. The van der Waals surface area contributed by atoms with E-state index in [4.69, 9.17) is 16.3 Å². The molecule has 2 rings (SSSR count). The molecule has 0 atom stereocenters. The monoisotopic (exact) mass is 355 g/mol. The first-order valence-electron chi connectivity index (χ1n) is 7.20. The van der Waals surface area contributed by atoms with Crippen LogP contribution in [0.1, 0.15) is 22.8 Å². The van der Waals surface area contributed by atoms with Crippen LogP contribution in [-0.2, 0) is 0 Å². The first-order chi connectivity index (χ1) is 11.4. The molecule has 2 aromatic carbocycles. The van der Waals surface area contributed by atoms with E-state index >= 15 is 0 Å². The minimum Gasteiger partial charge on any atom is -0.490 e. The minimum atomic E-state index is -2.97. The number of benzene rings is 2. The maximum Gasteiger partial charge on any atom is 0.387 e.